The first-order valence-corrected chi connectivity index (χ1v) is 15.0. The molecule has 8 nitrogen and oxygen atoms in total. The van der Waals surface area contributed by atoms with E-state index in [0.717, 1.165) is 26.7 Å². The van der Waals surface area contributed by atoms with Gasteiger partial charge in [0.05, 0.1) is 10.6 Å². The average molecular weight is 615 g/mol. The SMILES string of the molecule is CCN(CC)S(=O)(=O)c1ccc(Oc2ccc(C)cc2)c(NC(=O)C(=O)N2CCc3ccc(C)c(Br)c3C2)c1. The minimum Gasteiger partial charge on any atom is -0.455 e. The van der Waals surface area contributed by atoms with E-state index in [1.165, 1.54) is 27.4 Å². The molecule has 0 saturated carbocycles. The summed E-state index contributed by atoms with van der Waals surface area (Å²) in [6.45, 7) is 8.74. The number of amides is 2. The Morgan fingerprint density at radius 2 is 1.72 bits per heavy atom. The van der Waals surface area contributed by atoms with Crippen molar-refractivity contribution in [1.29, 1.82) is 0 Å². The summed E-state index contributed by atoms with van der Waals surface area (Å²) in [5, 5.41) is 2.63. The lowest BCUT2D eigenvalue weighted by Crippen LogP contribution is -2.42. The maximum atomic E-state index is 13.2. The van der Waals surface area contributed by atoms with Crippen molar-refractivity contribution in [2.45, 2.75) is 45.6 Å². The van der Waals surface area contributed by atoms with Crippen LogP contribution in [0.25, 0.3) is 0 Å². The number of benzene rings is 3. The number of hydrogen-bond acceptors (Lipinski definition) is 5. The summed E-state index contributed by atoms with van der Waals surface area (Å²) in [7, 11) is -3.81. The summed E-state index contributed by atoms with van der Waals surface area (Å²) >= 11 is 3.61. The van der Waals surface area contributed by atoms with E-state index >= 15 is 0 Å². The maximum absolute atomic E-state index is 13.2. The van der Waals surface area contributed by atoms with Gasteiger partial charge in [-0.2, -0.15) is 4.31 Å². The number of halogens is 1. The largest absolute Gasteiger partial charge is 0.455 e. The van der Waals surface area contributed by atoms with E-state index in [4.69, 9.17) is 4.74 Å². The molecular formula is C29H32BrN3O5S. The van der Waals surface area contributed by atoms with Crippen molar-refractivity contribution in [1.82, 2.24) is 9.21 Å². The van der Waals surface area contributed by atoms with Crippen LogP contribution in [-0.4, -0.2) is 49.1 Å². The highest BCUT2D eigenvalue weighted by Gasteiger charge is 2.29. The molecule has 1 aliphatic heterocycles. The molecule has 3 aromatic rings. The number of anilines is 1. The van der Waals surface area contributed by atoms with Gasteiger partial charge in [0.25, 0.3) is 0 Å². The van der Waals surface area contributed by atoms with E-state index in [0.29, 0.717) is 38.3 Å². The molecule has 0 bridgehead atoms. The predicted octanol–water partition coefficient (Wildman–Crippen LogP) is 5.41. The number of fused-ring (bicyclic) bond motifs is 1. The third kappa shape index (κ3) is 6.18. The Morgan fingerprint density at radius 3 is 2.38 bits per heavy atom. The van der Waals surface area contributed by atoms with Crippen molar-refractivity contribution in [3.63, 3.8) is 0 Å². The molecule has 0 fully saturated rings. The van der Waals surface area contributed by atoms with Gasteiger partial charge in [0, 0.05) is 30.7 Å². The monoisotopic (exact) mass is 613 g/mol. The van der Waals surface area contributed by atoms with Gasteiger partial charge < -0.3 is 15.0 Å². The van der Waals surface area contributed by atoms with E-state index < -0.39 is 21.8 Å². The van der Waals surface area contributed by atoms with Crippen molar-refractivity contribution < 1.29 is 22.7 Å². The molecule has 0 aromatic heterocycles. The first kappa shape index (κ1) is 28.8. The fraction of sp³-hybridized carbons (Fsp3) is 0.310. The van der Waals surface area contributed by atoms with Crippen molar-refractivity contribution >= 4 is 43.5 Å². The quantitative estimate of drug-likeness (QED) is 0.359. The molecule has 39 heavy (non-hydrogen) atoms. The van der Waals surface area contributed by atoms with Crippen LogP contribution in [0.1, 0.15) is 36.1 Å². The minimum absolute atomic E-state index is 0.00323. The normalized spacial score (nSPS) is 13.2. The second kappa shape index (κ2) is 11.9. The van der Waals surface area contributed by atoms with Gasteiger partial charge in [-0.05, 0) is 67.3 Å². The van der Waals surface area contributed by atoms with Gasteiger partial charge in [-0.1, -0.05) is 59.6 Å². The van der Waals surface area contributed by atoms with Gasteiger partial charge in [-0.25, -0.2) is 8.42 Å². The number of nitrogens with one attached hydrogen (secondary N) is 1. The van der Waals surface area contributed by atoms with Crippen LogP contribution < -0.4 is 10.1 Å². The van der Waals surface area contributed by atoms with Crippen LogP contribution in [0.3, 0.4) is 0 Å². The second-order valence-corrected chi connectivity index (χ2v) is 12.2. The van der Waals surface area contributed by atoms with Crippen molar-refractivity contribution in [3.8, 4) is 11.5 Å². The standard InChI is InChI=1S/C29H32BrN3O5S/c1-5-33(6-2)39(36,37)23-13-14-26(38-22-11-7-19(3)8-12-22)25(17-23)31-28(34)29(35)32-16-15-21-10-9-20(4)27(30)24(21)18-32/h7-14,17H,5-6,15-16,18H2,1-4H3,(H,31,34). The lowest BCUT2D eigenvalue weighted by atomic mass is 9.97. The third-order valence-corrected chi connectivity index (χ3v) is 9.96. The van der Waals surface area contributed by atoms with Gasteiger partial charge in [0.1, 0.15) is 5.75 Å². The molecule has 0 radical (unpaired) electrons. The van der Waals surface area contributed by atoms with Crippen LogP contribution in [0.5, 0.6) is 11.5 Å². The van der Waals surface area contributed by atoms with E-state index in [9.17, 15) is 18.0 Å². The van der Waals surface area contributed by atoms with Crippen LogP contribution >= 0.6 is 15.9 Å². The Labute approximate surface area is 238 Å². The average Bonchev–Trinajstić information content (AvgIpc) is 2.92. The molecule has 4 rings (SSSR count). The zero-order valence-corrected chi connectivity index (χ0v) is 24.9. The summed E-state index contributed by atoms with van der Waals surface area (Å²) < 4.78 is 34.6. The number of sulfonamides is 1. The molecule has 206 valence electrons. The molecule has 1 aliphatic rings. The molecule has 3 aromatic carbocycles. The van der Waals surface area contributed by atoms with Gasteiger partial charge in [-0.3, -0.25) is 9.59 Å². The van der Waals surface area contributed by atoms with Crippen LogP contribution in [0.2, 0.25) is 0 Å². The number of hydrogen-bond donors (Lipinski definition) is 1. The lowest BCUT2D eigenvalue weighted by molar-refractivity contribution is -0.143. The summed E-state index contributed by atoms with van der Waals surface area (Å²) in [5.41, 5.74) is 4.32. The molecule has 0 saturated heterocycles. The minimum atomic E-state index is -3.81. The number of carbonyl (C=O) groups excluding carboxylic acids is 2. The van der Waals surface area contributed by atoms with Crippen molar-refractivity contribution in [3.05, 3.63) is 81.3 Å². The van der Waals surface area contributed by atoms with E-state index in [1.54, 1.807) is 26.0 Å². The maximum Gasteiger partial charge on any atom is 0.314 e. The Hall–Kier alpha value is -3.21. The third-order valence-electron chi connectivity index (χ3n) is 6.81. The van der Waals surface area contributed by atoms with Crippen LogP contribution in [0.4, 0.5) is 5.69 Å². The molecule has 0 unspecified atom stereocenters. The van der Waals surface area contributed by atoms with Gasteiger partial charge >= 0.3 is 11.8 Å². The highest BCUT2D eigenvalue weighted by molar-refractivity contribution is 9.10. The Balaban J connectivity index is 1.63. The topological polar surface area (TPSA) is 96.0 Å². The highest BCUT2D eigenvalue weighted by Crippen LogP contribution is 2.34. The second-order valence-electron chi connectivity index (χ2n) is 9.43. The van der Waals surface area contributed by atoms with Crippen molar-refractivity contribution in [2.75, 3.05) is 25.0 Å². The number of rotatable bonds is 7. The molecule has 10 heteroatoms. The summed E-state index contributed by atoms with van der Waals surface area (Å²) in [6, 6.07) is 15.7. The fourth-order valence-corrected chi connectivity index (χ4v) is 6.50. The molecule has 0 aliphatic carbocycles. The van der Waals surface area contributed by atoms with Crippen LogP contribution in [-0.2, 0) is 32.6 Å². The Bertz CT molecular complexity index is 1500. The van der Waals surface area contributed by atoms with Gasteiger partial charge in [0.2, 0.25) is 10.0 Å². The summed E-state index contributed by atoms with van der Waals surface area (Å²) in [4.78, 5) is 27.9. The first-order valence-electron chi connectivity index (χ1n) is 12.8. The predicted molar refractivity (Wildman–Crippen MR) is 154 cm³/mol. The smallest absolute Gasteiger partial charge is 0.314 e. The van der Waals surface area contributed by atoms with Gasteiger partial charge in [-0.15, -0.1) is 0 Å². The Kier molecular flexibility index (Phi) is 8.78. The molecule has 0 spiro atoms. The van der Waals surface area contributed by atoms with E-state index in [-0.39, 0.29) is 16.3 Å². The Morgan fingerprint density at radius 1 is 1.03 bits per heavy atom. The zero-order valence-electron chi connectivity index (χ0n) is 22.5. The van der Waals surface area contributed by atoms with E-state index in [1.807, 2.05) is 38.1 Å². The number of carbonyl (C=O) groups is 2. The fourth-order valence-electron chi connectivity index (χ4n) is 4.50. The molecule has 0 atom stereocenters. The number of nitrogens with zero attached hydrogens (tertiary/aromatic N) is 2. The van der Waals surface area contributed by atoms with Crippen LogP contribution in [0, 0.1) is 13.8 Å². The zero-order chi connectivity index (χ0) is 28.3. The first-order chi connectivity index (χ1) is 18.5. The molecule has 1 N–H and O–H groups in total. The summed E-state index contributed by atoms with van der Waals surface area (Å²) in [6.07, 6.45) is 0.632. The van der Waals surface area contributed by atoms with Crippen molar-refractivity contribution in [2.24, 2.45) is 0 Å². The molecule has 2 amide bonds. The summed E-state index contributed by atoms with van der Waals surface area (Å²) in [5.74, 6) is -0.837. The van der Waals surface area contributed by atoms with Crippen LogP contribution in [0.15, 0.2) is 64.0 Å². The molecule has 1 heterocycles. The van der Waals surface area contributed by atoms with E-state index in [2.05, 4.69) is 21.2 Å². The number of ether oxygens (including phenoxy) is 1. The number of aryl methyl sites for hydroxylation is 2. The van der Waals surface area contributed by atoms with Gasteiger partial charge in [0.15, 0.2) is 5.75 Å². The molecular weight excluding hydrogens is 582 g/mol. The highest BCUT2D eigenvalue weighted by atomic mass is 79.9. The lowest BCUT2D eigenvalue weighted by Gasteiger charge is -2.29.